The molecule has 116 valence electrons. The number of hydrogen-bond acceptors (Lipinski definition) is 5. The Kier molecular flexibility index (Phi) is 4.52. The second kappa shape index (κ2) is 5.88. The Balaban J connectivity index is 2.52. The molecule has 1 saturated heterocycles. The lowest BCUT2D eigenvalue weighted by atomic mass is 10.1. The molecule has 0 bridgehead atoms. The van der Waals surface area contributed by atoms with E-state index in [9.17, 15) is 18.5 Å². The number of nitrogens with one attached hydrogen (secondary N) is 1. The summed E-state index contributed by atoms with van der Waals surface area (Å²) < 4.78 is 26.8. The fraction of sp³-hybridized carbons (Fsp3) is 0.500. The SMILES string of the molecule is CC1NCCN(S(=O)(=O)c2ccc(Cl)cc2[N+](=O)[O-])C1C. The number of piperazine rings is 1. The number of rotatable bonds is 3. The molecule has 1 N–H and O–H groups in total. The van der Waals surface area contributed by atoms with E-state index in [1.807, 2.05) is 6.92 Å². The van der Waals surface area contributed by atoms with Crippen LogP contribution >= 0.6 is 11.6 Å². The standard InChI is InChI=1S/C12H16ClN3O4S/c1-8-9(2)15(6-5-14-8)21(19,20)12-4-3-10(13)7-11(12)16(17)18/h3-4,7-9,14H,5-6H2,1-2H3. The van der Waals surface area contributed by atoms with Crippen LogP contribution in [-0.4, -0.2) is 42.8 Å². The van der Waals surface area contributed by atoms with E-state index in [2.05, 4.69) is 5.32 Å². The zero-order chi connectivity index (χ0) is 15.8. The van der Waals surface area contributed by atoms with E-state index in [4.69, 9.17) is 11.6 Å². The molecule has 7 nitrogen and oxygen atoms in total. The van der Waals surface area contributed by atoms with Crippen molar-refractivity contribution in [2.45, 2.75) is 30.8 Å². The van der Waals surface area contributed by atoms with Gasteiger partial charge in [-0.2, -0.15) is 4.31 Å². The van der Waals surface area contributed by atoms with E-state index in [0.29, 0.717) is 6.54 Å². The molecule has 0 radical (unpaired) electrons. The van der Waals surface area contributed by atoms with E-state index in [0.717, 1.165) is 6.07 Å². The Labute approximate surface area is 128 Å². The van der Waals surface area contributed by atoms with E-state index in [1.165, 1.54) is 16.4 Å². The normalized spacial score (nSPS) is 24.0. The predicted octanol–water partition coefficient (Wildman–Crippen LogP) is 1.62. The van der Waals surface area contributed by atoms with Gasteiger partial charge in [0.25, 0.3) is 5.69 Å². The van der Waals surface area contributed by atoms with Gasteiger partial charge in [-0.05, 0) is 26.0 Å². The molecule has 0 aliphatic carbocycles. The zero-order valence-corrected chi connectivity index (χ0v) is 13.2. The molecule has 1 fully saturated rings. The van der Waals surface area contributed by atoms with Crippen molar-refractivity contribution in [2.24, 2.45) is 0 Å². The van der Waals surface area contributed by atoms with E-state index in [-0.39, 0.29) is 28.5 Å². The summed E-state index contributed by atoms with van der Waals surface area (Å²) in [6.45, 7) is 4.43. The summed E-state index contributed by atoms with van der Waals surface area (Å²) in [6, 6.07) is 3.27. The van der Waals surface area contributed by atoms with Crippen molar-refractivity contribution in [3.8, 4) is 0 Å². The molecule has 2 unspecified atom stereocenters. The molecule has 2 atom stereocenters. The molecule has 21 heavy (non-hydrogen) atoms. The first-order valence-electron chi connectivity index (χ1n) is 6.44. The molecule has 0 spiro atoms. The van der Waals surface area contributed by atoms with Crippen LogP contribution in [0.5, 0.6) is 0 Å². The van der Waals surface area contributed by atoms with Gasteiger partial charge < -0.3 is 5.32 Å². The summed E-state index contributed by atoms with van der Waals surface area (Å²) >= 11 is 5.73. The van der Waals surface area contributed by atoms with Gasteiger partial charge in [0, 0.05) is 36.3 Å². The van der Waals surface area contributed by atoms with Crippen molar-refractivity contribution >= 4 is 27.3 Å². The summed E-state index contributed by atoms with van der Waals surface area (Å²) in [5, 5.41) is 14.4. The Morgan fingerprint density at radius 1 is 1.43 bits per heavy atom. The topological polar surface area (TPSA) is 92.6 Å². The fourth-order valence-corrected chi connectivity index (χ4v) is 4.35. The first-order chi connectivity index (χ1) is 9.75. The molecule has 1 aromatic rings. The first kappa shape index (κ1) is 16.2. The molecule has 0 aromatic heterocycles. The lowest BCUT2D eigenvalue weighted by Gasteiger charge is -2.37. The number of benzene rings is 1. The molecule has 1 aliphatic rings. The van der Waals surface area contributed by atoms with Gasteiger partial charge in [-0.1, -0.05) is 11.6 Å². The zero-order valence-electron chi connectivity index (χ0n) is 11.6. The summed E-state index contributed by atoms with van der Waals surface area (Å²) in [5.41, 5.74) is -0.499. The van der Waals surface area contributed by atoms with Gasteiger partial charge in [-0.3, -0.25) is 10.1 Å². The number of nitro groups is 1. The van der Waals surface area contributed by atoms with Crippen LogP contribution in [-0.2, 0) is 10.0 Å². The van der Waals surface area contributed by atoms with Gasteiger partial charge in [-0.15, -0.1) is 0 Å². The van der Waals surface area contributed by atoms with E-state index in [1.54, 1.807) is 6.92 Å². The van der Waals surface area contributed by atoms with Crippen LogP contribution in [0.2, 0.25) is 5.02 Å². The van der Waals surface area contributed by atoms with Gasteiger partial charge in [0.05, 0.1) is 4.92 Å². The van der Waals surface area contributed by atoms with Gasteiger partial charge in [0.1, 0.15) is 0 Å². The van der Waals surface area contributed by atoms with Gasteiger partial charge in [0.2, 0.25) is 10.0 Å². The maximum Gasteiger partial charge on any atom is 0.290 e. The first-order valence-corrected chi connectivity index (χ1v) is 8.26. The quantitative estimate of drug-likeness (QED) is 0.670. The number of nitro benzene ring substituents is 1. The largest absolute Gasteiger partial charge is 0.311 e. The number of nitrogens with zero attached hydrogens (tertiary/aromatic N) is 2. The van der Waals surface area contributed by atoms with Gasteiger partial charge in [0.15, 0.2) is 4.90 Å². The summed E-state index contributed by atoms with van der Waals surface area (Å²) in [4.78, 5) is 10.1. The minimum atomic E-state index is -3.94. The highest BCUT2D eigenvalue weighted by molar-refractivity contribution is 7.89. The van der Waals surface area contributed by atoms with Crippen molar-refractivity contribution in [1.82, 2.24) is 9.62 Å². The number of halogens is 1. The highest BCUT2D eigenvalue weighted by atomic mass is 35.5. The van der Waals surface area contributed by atoms with Crippen molar-refractivity contribution in [2.75, 3.05) is 13.1 Å². The molecule has 2 rings (SSSR count). The van der Waals surface area contributed by atoms with Crippen LogP contribution < -0.4 is 5.32 Å². The highest BCUT2D eigenvalue weighted by Gasteiger charge is 2.38. The second-order valence-electron chi connectivity index (χ2n) is 4.97. The monoisotopic (exact) mass is 333 g/mol. The van der Waals surface area contributed by atoms with Crippen molar-refractivity contribution in [3.05, 3.63) is 33.3 Å². The maximum atomic E-state index is 12.7. The van der Waals surface area contributed by atoms with Crippen LogP contribution in [0.25, 0.3) is 0 Å². The lowest BCUT2D eigenvalue weighted by molar-refractivity contribution is -0.387. The molecule has 1 heterocycles. The van der Waals surface area contributed by atoms with Crippen molar-refractivity contribution in [1.29, 1.82) is 0 Å². The molecular formula is C12H16ClN3O4S. The Bertz CT molecular complexity index is 664. The summed E-state index contributed by atoms with van der Waals surface area (Å²) in [5.74, 6) is 0. The smallest absolute Gasteiger partial charge is 0.290 e. The lowest BCUT2D eigenvalue weighted by Crippen LogP contribution is -2.57. The minimum Gasteiger partial charge on any atom is -0.311 e. The van der Waals surface area contributed by atoms with Crippen molar-refractivity contribution < 1.29 is 13.3 Å². The molecular weight excluding hydrogens is 318 g/mol. The van der Waals surface area contributed by atoms with Crippen LogP contribution in [0.3, 0.4) is 0 Å². The maximum absolute atomic E-state index is 12.7. The highest BCUT2D eigenvalue weighted by Crippen LogP contribution is 2.31. The third kappa shape index (κ3) is 3.03. The van der Waals surface area contributed by atoms with E-state index >= 15 is 0 Å². The average molecular weight is 334 g/mol. The number of hydrogen-bond donors (Lipinski definition) is 1. The minimum absolute atomic E-state index is 0.0279. The second-order valence-corrected chi connectivity index (χ2v) is 7.26. The van der Waals surface area contributed by atoms with Crippen LogP contribution in [0, 0.1) is 10.1 Å². The molecule has 1 aromatic carbocycles. The van der Waals surface area contributed by atoms with Crippen molar-refractivity contribution in [3.63, 3.8) is 0 Å². The van der Waals surface area contributed by atoms with E-state index < -0.39 is 20.6 Å². The average Bonchev–Trinajstić information content (AvgIpc) is 2.41. The third-order valence-corrected chi connectivity index (χ3v) is 5.95. The Morgan fingerprint density at radius 3 is 2.71 bits per heavy atom. The Morgan fingerprint density at radius 2 is 2.10 bits per heavy atom. The predicted molar refractivity (Wildman–Crippen MR) is 78.9 cm³/mol. The van der Waals surface area contributed by atoms with Crippen LogP contribution in [0.4, 0.5) is 5.69 Å². The molecule has 9 heteroatoms. The molecule has 0 amide bonds. The summed E-state index contributed by atoms with van der Waals surface area (Å²) in [6.07, 6.45) is 0. The van der Waals surface area contributed by atoms with Crippen LogP contribution in [0.1, 0.15) is 13.8 Å². The molecule has 0 saturated carbocycles. The fourth-order valence-electron chi connectivity index (χ4n) is 2.34. The van der Waals surface area contributed by atoms with Crippen LogP contribution in [0.15, 0.2) is 23.1 Å². The summed E-state index contributed by atoms with van der Waals surface area (Å²) in [7, 11) is -3.94. The third-order valence-electron chi connectivity index (χ3n) is 3.68. The molecule has 1 aliphatic heterocycles. The number of sulfonamides is 1. The van der Waals surface area contributed by atoms with Gasteiger partial charge in [-0.25, -0.2) is 8.42 Å². The Hall–Kier alpha value is -1.22. The van der Waals surface area contributed by atoms with Gasteiger partial charge >= 0.3 is 0 Å².